The van der Waals surface area contributed by atoms with Crippen molar-refractivity contribution in [3.05, 3.63) is 45.8 Å². The third-order valence-corrected chi connectivity index (χ3v) is 2.44. The SMILES string of the molecule is CCOc1ccc(-c2cc(Cl)n[nH]c2=O)cc1. The van der Waals surface area contributed by atoms with E-state index in [1.54, 1.807) is 0 Å². The van der Waals surface area contributed by atoms with Crippen molar-refractivity contribution in [1.82, 2.24) is 10.2 Å². The summed E-state index contributed by atoms with van der Waals surface area (Å²) in [7, 11) is 0. The highest BCUT2D eigenvalue weighted by Gasteiger charge is 2.05. The van der Waals surface area contributed by atoms with Crippen molar-refractivity contribution in [3.8, 4) is 16.9 Å². The Hall–Kier alpha value is -1.81. The minimum atomic E-state index is -0.265. The topological polar surface area (TPSA) is 55.0 Å². The Morgan fingerprint density at radius 1 is 1.35 bits per heavy atom. The normalized spacial score (nSPS) is 10.2. The van der Waals surface area contributed by atoms with Gasteiger partial charge in [-0.2, -0.15) is 5.10 Å². The zero-order valence-corrected chi connectivity index (χ0v) is 9.99. The zero-order valence-electron chi connectivity index (χ0n) is 9.24. The molecule has 1 heterocycles. The second-order valence-electron chi connectivity index (χ2n) is 3.39. The van der Waals surface area contributed by atoms with Gasteiger partial charge in [-0.15, -0.1) is 0 Å². The molecule has 1 aromatic heterocycles. The van der Waals surface area contributed by atoms with Crippen molar-refractivity contribution >= 4 is 11.6 Å². The molecule has 1 N–H and O–H groups in total. The molecule has 0 saturated carbocycles. The molecular weight excluding hydrogens is 240 g/mol. The van der Waals surface area contributed by atoms with Crippen molar-refractivity contribution in [2.45, 2.75) is 6.92 Å². The summed E-state index contributed by atoms with van der Waals surface area (Å²) in [4.78, 5) is 11.6. The van der Waals surface area contributed by atoms with Gasteiger partial charge in [0.1, 0.15) is 10.9 Å². The van der Waals surface area contributed by atoms with E-state index in [0.717, 1.165) is 11.3 Å². The van der Waals surface area contributed by atoms with Gasteiger partial charge in [0, 0.05) is 0 Å². The van der Waals surface area contributed by atoms with Crippen LogP contribution in [0.3, 0.4) is 0 Å². The minimum absolute atomic E-state index is 0.258. The molecule has 0 spiro atoms. The summed E-state index contributed by atoms with van der Waals surface area (Å²) in [6, 6.07) is 8.78. The lowest BCUT2D eigenvalue weighted by atomic mass is 10.1. The number of hydrogen-bond acceptors (Lipinski definition) is 3. The molecule has 17 heavy (non-hydrogen) atoms. The minimum Gasteiger partial charge on any atom is -0.494 e. The van der Waals surface area contributed by atoms with Crippen LogP contribution >= 0.6 is 11.6 Å². The molecule has 0 atom stereocenters. The molecule has 0 radical (unpaired) electrons. The van der Waals surface area contributed by atoms with Crippen LogP contribution in [0.1, 0.15) is 6.92 Å². The van der Waals surface area contributed by atoms with Gasteiger partial charge in [0.25, 0.3) is 5.56 Å². The Labute approximate surface area is 103 Å². The predicted octanol–water partition coefficient (Wildman–Crippen LogP) is 2.49. The first kappa shape index (κ1) is 11.7. The van der Waals surface area contributed by atoms with Crippen molar-refractivity contribution in [2.75, 3.05) is 6.61 Å². The number of benzene rings is 1. The van der Waals surface area contributed by atoms with E-state index < -0.39 is 0 Å². The van der Waals surface area contributed by atoms with Crippen molar-refractivity contribution in [2.24, 2.45) is 0 Å². The van der Waals surface area contributed by atoms with Gasteiger partial charge >= 0.3 is 0 Å². The maximum absolute atomic E-state index is 11.6. The quantitative estimate of drug-likeness (QED) is 0.911. The van der Waals surface area contributed by atoms with Gasteiger partial charge < -0.3 is 4.74 Å². The van der Waals surface area contributed by atoms with Gasteiger partial charge in [-0.3, -0.25) is 4.79 Å². The lowest BCUT2D eigenvalue weighted by molar-refractivity contribution is 0.340. The van der Waals surface area contributed by atoms with Crippen LogP contribution in [-0.2, 0) is 0 Å². The molecule has 2 aromatic rings. The number of rotatable bonds is 3. The highest BCUT2D eigenvalue weighted by molar-refractivity contribution is 6.29. The third kappa shape index (κ3) is 2.65. The molecule has 0 aliphatic heterocycles. The summed E-state index contributed by atoms with van der Waals surface area (Å²) in [6.45, 7) is 2.53. The number of halogens is 1. The third-order valence-electron chi connectivity index (χ3n) is 2.25. The average Bonchev–Trinajstić information content (AvgIpc) is 2.34. The summed E-state index contributed by atoms with van der Waals surface area (Å²) in [5.41, 5.74) is 1.01. The molecule has 2 rings (SSSR count). The van der Waals surface area contributed by atoms with E-state index in [9.17, 15) is 4.79 Å². The number of nitrogens with zero attached hydrogens (tertiary/aromatic N) is 1. The van der Waals surface area contributed by atoms with E-state index >= 15 is 0 Å². The van der Waals surface area contributed by atoms with Crippen LogP contribution in [0.25, 0.3) is 11.1 Å². The highest BCUT2D eigenvalue weighted by atomic mass is 35.5. The number of aromatic nitrogens is 2. The molecule has 4 nitrogen and oxygen atoms in total. The Kier molecular flexibility index (Phi) is 3.44. The van der Waals surface area contributed by atoms with Gasteiger partial charge in [-0.1, -0.05) is 23.7 Å². The second-order valence-corrected chi connectivity index (χ2v) is 3.78. The summed E-state index contributed by atoms with van der Waals surface area (Å²) in [5.74, 6) is 0.771. The molecule has 0 unspecified atom stereocenters. The van der Waals surface area contributed by atoms with Gasteiger partial charge in [-0.05, 0) is 30.7 Å². The van der Waals surface area contributed by atoms with Crippen molar-refractivity contribution < 1.29 is 4.74 Å². The summed E-state index contributed by atoms with van der Waals surface area (Å²) >= 11 is 5.74. The standard InChI is InChI=1S/C12H11ClN2O2/c1-2-17-9-5-3-8(4-6-9)10-7-11(13)14-15-12(10)16/h3-7H,2H2,1H3,(H,15,16). The molecule has 0 aliphatic carbocycles. The van der Waals surface area contributed by atoms with Gasteiger partial charge in [0.05, 0.1) is 12.2 Å². The average molecular weight is 251 g/mol. The van der Waals surface area contributed by atoms with Gasteiger partial charge in [-0.25, -0.2) is 5.10 Å². The Bertz CT molecular complexity index is 563. The van der Waals surface area contributed by atoms with E-state index in [1.807, 2.05) is 31.2 Å². The lowest BCUT2D eigenvalue weighted by Crippen LogP contribution is -2.10. The second kappa shape index (κ2) is 5.01. The first-order valence-electron chi connectivity index (χ1n) is 5.19. The Morgan fingerprint density at radius 2 is 2.06 bits per heavy atom. The summed E-state index contributed by atoms with van der Waals surface area (Å²) < 4.78 is 5.33. The zero-order chi connectivity index (χ0) is 12.3. The summed E-state index contributed by atoms with van der Waals surface area (Å²) in [5, 5.41) is 6.21. The predicted molar refractivity (Wildman–Crippen MR) is 66.5 cm³/mol. The summed E-state index contributed by atoms with van der Waals surface area (Å²) in [6.07, 6.45) is 0. The highest BCUT2D eigenvalue weighted by Crippen LogP contribution is 2.20. The van der Waals surface area contributed by atoms with E-state index in [-0.39, 0.29) is 10.7 Å². The molecule has 0 saturated heterocycles. The molecule has 1 aromatic carbocycles. The molecule has 88 valence electrons. The van der Waals surface area contributed by atoms with Crippen LogP contribution in [0.15, 0.2) is 35.1 Å². The smallest absolute Gasteiger partial charge is 0.272 e. The van der Waals surface area contributed by atoms with Gasteiger partial charge in [0.15, 0.2) is 0 Å². The van der Waals surface area contributed by atoms with Crippen LogP contribution in [0.2, 0.25) is 5.15 Å². The number of nitrogens with one attached hydrogen (secondary N) is 1. The molecule has 0 fully saturated rings. The molecule has 0 bridgehead atoms. The Morgan fingerprint density at radius 3 is 2.71 bits per heavy atom. The fraction of sp³-hybridized carbons (Fsp3) is 0.167. The number of aromatic amines is 1. The maximum atomic E-state index is 11.6. The van der Waals surface area contributed by atoms with E-state index in [0.29, 0.717) is 12.2 Å². The molecule has 0 aliphatic rings. The van der Waals surface area contributed by atoms with Crippen LogP contribution in [0, 0.1) is 0 Å². The van der Waals surface area contributed by atoms with Crippen LogP contribution < -0.4 is 10.3 Å². The first-order chi connectivity index (χ1) is 8.20. The monoisotopic (exact) mass is 250 g/mol. The molecular formula is C12H11ClN2O2. The number of hydrogen-bond donors (Lipinski definition) is 1. The van der Waals surface area contributed by atoms with Crippen LogP contribution in [0.4, 0.5) is 0 Å². The fourth-order valence-corrected chi connectivity index (χ4v) is 1.64. The lowest BCUT2D eigenvalue weighted by Gasteiger charge is -2.04. The molecule has 5 heteroatoms. The van der Waals surface area contributed by atoms with E-state index in [2.05, 4.69) is 10.2 Å². The fourth-order valence-electron chi connectivity index (χ4n) is 1.49. The Balaban J connectivity index is 2.39. The maximum Gasteiger partial charge on any atom is 0.272 e. The van der Waals surface area contributed by atoms with E-state index in [4.69, 9.17) is 16.3 Å². The largest absolute Gasteiger partial charge is 0.494 e. The number of H-pyrrole nitrogens is 1. The van der Waals surface area contributed by atoms with E-state index in [1.165, 1.54) is 6.07 Å². The molecule has 0 amide bonds. The van der Waals surface area contributed by atoms with Crippen LogP contribution in [-0.4, -0.2) is 16.8 Å². The van der Waals surface area contributed by atoms with Crippen molar-refractivity contribution in [1.29, 1.82) is 0 Å². The van der Waals surface area contributed by atoms with Crippen LogP contribution in [0.5, 0.6) is 5.75 Å². The van der Waals surface area contributed by atoms with Crippen molar-refractivity contribution in [3.63, 3.8) is 0 Å². The van der Waals surface area contributed by atoms with Gasteiger partial charge in [0.2, 0.25) is 0 Å². The number of ether oxygens (including phenoxy) is 1. The first-order valence-corrected chi connectivity index (χ1v) is 5.57.